The van der Waals surface area contributed by atoms with Gasteiger partial charge in [-0.3, -0.25) is 0 Å². The van der Waals surface area contributed by atoms with Crippen LogP contribution in [0.2, 0.25) is 5.02 Å². The second-order valence-electron chi connectivity index (χ2n) is 7.57. The molecule has 0 amide bonds. The summed E-state index contributed by atoms with van der Waals surface area (Å²) in [5, 5.41) is 11.4. The number of rotatable bonds is 4. The second-order valence-corrected chi connectivity index (χ2v) is 7.98. The predicted molar refractivity (Wildman–Crippen MR) is 124 cm³/mol. The third kappa shape index (κ3) is 4.17. The van der Waals surface area contributed by atoms with E-state index in [-0.39, 0.29) is 16.7 Å². The molecule has 1 N–H and O–H groups in total. The molecule has 0 unspecified atom stereocenters. The van der Waals surface area contributed by atoms with Crippen LogP contribution in [0.4, 0.5) is 24.8 Å². The van der Waals surface area contributed by atoms with Gasteiger partial charge in [-0.1, -0.05) is 41.4 Å². The van der Waals surface area contributed by atoms with Gasteiger partial charge in [-0.25, -0.2) is 9.97 Å². The van der Waals surface area contributed by atoms with Crippen LogP contribution in [-0.2, 0) is 6.18 Å². The fourth-order valence-corrected chi connectivity index (χ4v) is 3.79. The molecule has 0 aliphatic rings. The summed E-state index contributed by atoms with van der Waals surface area (Å²) in [7, 11) is 0. The van der Waals surface area contributed by atoms with E-state index in [1.807, 2.05) is 37.3 Å². The molecule has 0 aliphatic carbocycles. The second kappa shape index (κ2) is 8.42. The molecule has 0 fully saturated rings. The number of nitrogens with zero attached hydrogens (tertiary/aromatic N) is 5. The maximum Gasteiger partial charge on any atom is 0.417 e. The van der Waals surface area contributed by atoms with Gasteiger partial charge in [0.05, 0.1) is 27.4 Å². The third-order valence-corrected chi connectivity index (χ3v) is 5.51. The molecule has 10 heteroatoms. The predicted octanol–water partition coefficient (Wildman–Crippen LogP) is 6.58. The highest BCUT2D eigenvalue weighted by atomic mass is 35.5. The van der Waals surface area contributed by atoms with Crippen molar-refractivity contribution in [1.82, 2.24) is 24.8 Å². The number of benzene rings is 2. The molecular formula is C24H16ClF3N6. The SMILES string of the molecule is Cc1ccc(-c2nn3ncccc3c2-c2ccnc(Nc3ccc(Cl)c(C(F)(F)F)c3)n2)cc1. The van der Waals surface area contributed by atoms with Crippen molar-refractivity contribution in [3.8, 4) is 22.5 Å². The number of aromatic nitrogens is 5. The van der Waals surface area contributed by atoms with Crippen molar-refractivity contribution in [2.45, 2.75) is 13.1 Å². The normalized spacial score (nSPS) is 11.7. The molecule has 0 saturated carbocycles. The average Bonchev–Trinajstić information content (AvgIpc) is 3.20. The molecule has 34 heavy (non-hydrogen) atoms. The fourth-order valence-electron chi connectivity index (χ4n) is 3.57. The van der Waals surface area contributed by atoms with Crippen molar-refractivity contribution in [2.24, 2.45) is 0 Å². The summed E-state index contributed by atoms with van der Waals surface area (Å²) in [5.41, 5.74) is 3.90. The molecule has 3 heterocycles. The molecule has 0 atom stereocenters. The summed E-state index contributed by atoms with van der Waals surface area (Å²) in [6, 6.07) is 16.8. The minimum atomic E-state index is -4.58. The van der Waals surface area contributed by atoms with Crippen molar-refractivity contribution in [3.05, 3.63) is 89.2 Å². The van der Waals surface area contributed by atoms with Crippen molar-refractivity contribution in [1.29, 1.82) is 0 Å². The third-order valence-electron chi connectivity index (χ3n) is 5.18. The van der Waals surface area contributed by atoms with Crippen LogP contribution < -0.4 is 5.32 Å². The number of alkyl halides is 3. The van der Waals surface area contributed by atoms with Gasteiger partial charge in [0, 0.05) is 23.6 Å². The van der Waals surface area contributed by atoms with Gasteiger partial charge in [-0.2, -0.15) is 22.9 Å². The zero-order valence-electron chi connectivity index (χ0n) is 17.7. The molecule has 0 spiro atoms. The Bertz CT molecular complexity index is 1500. The topological polar surface area (TPSA) is 68.0 Å². The molecule has 0 radical (unpaired) electrons. The summed E-state index contributed by atoms with van der Waals surface area (Å²) in [4.78, 5) is 8.73. The summed E-state index contributed by atoms with van der Waals surface area (Å²) < 4.78 is 41.2. The molecule has 170 valence electrons. The van der Waals surface area contributed by atoms with Gasteiger partial charge in [-0.05, 0) is 43.3 Å². The van der Waals surface area contributed by atoms with E-state index in [9.17, 15) is 13.2 Å². The monoisotopic (exact) mass is 480 g/mol. The largest absolute Gasteiger partial charge is 0.417 e. The molecule has 5 aromatic rings. The van der Waals surface area contributed by atoms with Gasteiger partial charge in [0.25, 0.3) is 0 Å². The van der Waals surface area contributed by atoms with Crippen molar-refractivity contribution >= 4 is 28.8 Å². The number of halogens is 4. The van der Waals surface area contributed by atoms with E-state index in [1.165, 1.54) is 23.0 Å². The highest BCUT2D eigenvalue weighted by molar-refractivity contribution is 6.31. The maximum absolute atomic E-state index is 13.2. The van der Waals surface area contributed by atoms with Gasteiger partial charge in [0.1, 0.15) is 5.69 Å². The Morgan fingerprint density at radius 3 is 2.53 bits per heavy atom. The first kappa shape index (κ1) is 21.8. The highest BCUT2D eigenvalue weighted by Crippen LogP contribution is 2.37. The molecule has 5 rings (SSSR count). The van der Waals surface area contributed by atoms with Crippen LogP contribution >= 0.6 is 11.6 Å². The Balaban J connectivity index is 1.59. The summed E-state index contributed by atoms with van der Waals surface area (Å²) in [5.74, 6) is 0.131. The summed E-state index contributed by atoms with van der Waals surface area (Å²) >= 11 is 5.72. The standard InChI is InChI=1S/C24H16ClF3N6/c1-14-4-6-15(7-5-14)22-21(20-3-2-11-30-34(20)33-22)19-10-12-29-23(32-19)31-16-8-9-18(25)17(13-16)24(26,27)28/h2-13H,1H3,(H,29,31,32). The number of nitrogens with one attached hydrogen (secondary N) is 1. The van der Waals surface area contributed by atoms with Crippen molar-refractivity contribution in [2.75, 3.05) is 5.32 Å². The van der Waals surface area contributed by atoms with E-state index in [2.05, 4.69) is 25.5 Å². The van der Waals surface area contributed by atoms with Crippen molar-refractivity contribution < 1.29 is 13.2 Å². The number of aryl methyl sites for hydroxylation is 1. The van der Waals surface area contributed by atoms with Crippen LogP contribution in [0.3, 0.4) is 0 Å². The van der Waals surface area contributed by atoms with Crippen LogP contribution in [-0.4, -0.2) is 24.8 Å². The molecular weight excluding hydrogens is 465 g/mol. The number of anilines is 2. The van der Waals surface area contributed by atoms with E-state index >= 15 is 0 Å². The Kier molecular flexibility index (Phi) is 5.41. The zero-order valence-corrected chi connectivity index (χ0v) is 18.4. The van der Waals surface area contributed by atoms with Crippen LogP contribution in [0, 0.1) is 6.92 Å². The van der Waals surface area contributed by atoms with Gasteiger partial charge in [0.15, 0.2) is 0 Å². The first-order valence-electron chi connectivity index (χ1n) is 10.2. The zero-order chi connectivity index (χ0) is 23.9. The van der Waals surface area contributed by atoms with Gasteiger partial charge in [-0.15, -0.1) is 5.10 Å². The fraction of sp³-hybridized carbons (Fsp3) is 0.0833. The van der Waals surface area contributed by atoms with Gasteiger partial charge >= 0.3 is 6.18 Å². The minimum absolute atomic E-state index is 0.131. The molecule has 0 aliphatic heterocycles. The molecule has 0 bridgehead atoms. The molecule has 6 nitrogen and oxygen atoms in total. The number of hydrogen-bond donors (Lipinski definition) is 1. The van der Waals surface area contributed by atoms with Gasteiger partial charge in [0.2, 0.25) is 5.95 Å². The molecule has 2 aromatic carbocycles. The lowest BCUT2D eigenvalue weighted by molar-refractivity contribution is -0.137. The molecule has 0 saturated heterocycles. The average molecular weight is 481 g/mol. The Hall–Kier alpha value is -3.98. The maximum atomic E-state index is 13.2. The number of fused-ring (bicyclic) bond motifs is 1. The summed E-state index contributed by atoms with van der Waals surface area (Å²) in [6.45, 7) is 2.00. The molecule has 3 aromatic heterocycles. The van der Waals surface area contributed by atoms with Crippen LogP contribution in [0.25, 0.3) is 28.0 Å². The lowest BCUT2D eigenvalue weighted by Crippen LogP contribution is -2.07. The first-order chi connectivity index (χ1) is 16.3. The quantitative estimate of drug-likeness (QED) is 0.315. The van der Waals surface area contributed by atoms with Crippen LogP contribution in [0.5, 0.6) is 0 Å². The van der Waals surface area contributed by atoms with E-state index < -0.39 is 11.7 Å². The van der Waals surface area contributed by atoms with Crippen LogP contribution in [0.15, 0.2) is 73.1 Å². The van der Waals surface area contributed by atoms with E-state index in [1.54, 1.807) is 18.3 Å². The van der Waals surface area contributed by atoms with Crippen molar-refractivity contribution in [3.63, 3.8) is 0 Å². The first-order valence-corrected chi connectivity index (χ1v) is 10.6. The van der Waals surface area contributed by atoms with E-state index in [0.717, 1.165) is 28.3 Å². The van der Waals surface area contributed by atoms with E-state index in [4.69, 9.17) is 11.6 Å². The van der Waals surface area contributed by atoms with E-state index in [0.29, 0.717) is 11.4 Å². The number of hydrogen-bond acceptors (Lipinski definition) is 5. The highest BCUT2D eigenvalue weighted by Gasteiger charge is 2.33. The Morgan fingerprint density at radius 2 is 1.76 bits per heavy atom. The smallest absolute Gasteiger partial charge is 0.324 e. The van der Waals surface area contributed by atoms with Crippen LogP contribution in [0.1, 0.15) is 11.1 Å². The lowest BCUT2D eigenvalue weighted by Gasteiger charge is -2.12. The van der Waals surface area contributed by atoms with Gasteiger partial charge < -0.3 is 5.32 Å². The summed E-state index contributed by atoms with van der Waals surface area (Å²) in [6.07, 6.45) is -1.41. The minimum Gasteiger partial charge on any atom is -0.324 e. The lowest BCUT2D eigenvalue weighted by atomic mass is 10.0. The Morgan fingerprint density at radius 1 is 0.971 bits per heavy atom. The Labute approximate surface area is 197 Å².